The lowest BCUT2D eigenvalue weighted by atomic mass is 9.52. The van der Waals surface area contributed by atoms with E-state index >= 15 is 0 Å². The molecule has 5 fully saturated rings. The van der Waals surface area contributed by atoms with Gasteiger partial charge in [-0.1, -0.05) is 0 Å². The van der Waals surface area contributed by atoms with Crippen molar-refractivity contribution < 1.29 is 0 Å². The lowest BCUT2D eigenvalue weighted by Gasteiger charge is -2.55. The van der Waals surface area contributed by atoms with Crippen LogP contribution in [0.5, 0.6) is 0 Å². The van der Waals surface area contributed by atoms with Crippen LogP contribution in [0.4, 0.5) is 0 Å². The van der Waals surface area contributed by atoms with Gasteiger partial charge >= 0.3 is 0 Å². The van der Waals surface area contributed by atoms with Crippen molar-refractivity contribution in [2.45, 2.75) is 51.0 Å². The SMILES string of the molecule is CNCC1CCCN1CC1C2CC3CC(C2)CC1C3. The number of likely N-dealkylation sites (tertiary alicyclic amines) is 1. The smallest absolute Gasteiger partial charge is 0.0221 e. The van der Waals surface area contributed by atoms with Crippen molar-refractivity contribution in [1.29, 1.82) is 0 Å². The number of hydrogen-bond donors (Lipinski definition) is 1. The van der Waals surface area contributed by atoms with E-state index in [9.17, 15) is 0 Å². The molecule has 0 aromatic carbocycles. The summed E-state index contributed by atoms with van der Waals surface area (Å²) < 4.78 is 0. The van der Waals surface area contributed by atoms with Gasteiger partial charge in [-0.25, -0.2) is 0 Å². The first-order valence-electron chi connectivity index (χ1n) is 8.72. The van der Waals surface area contributed by atoms with Crippen LogP contribution < -0.4 is 5.32 Å². The van der Waals surface area contributed by atoms with Crippen molar-refractivity contribution in [3.05, 3.63) is 0 Å². The van der Waals surface area contributed by atoms with Gasteiger partial charge in [0.15, 0.2) is 0 Å². The first-order valence-corrected chi connectivity index (χ1v) is 8.72. The van der Waals surface area contributed by atoms with E-state index in [-0.39, 0.29) is 0 Å². The highest BCUT2D eigenvalue weighted by Crippen LogP contribution is 2.56. The van der Waals surface area contributed by atoms with Gasteiger partial charge in [0, 0.05) is 19.1 Å². The van der Waals surface area contributed by atoms with Gasteiger partial charge in [-0.3, -0.25) is 4.90 Å². The summed E-state index contributed by atoms with van der Waals surface area (Å²) in [6.07, 6.45) is 10.8. The van der Waals surface area contributed by atoms with E-state index in [0.717, 1.165) is 35.6 Å². The molecule has 0 radical (unpaired) electrons. The van der Waals surface area contributed by atoms with E-state index in [0.29, 0.717) is 0 Å². The third kappa shape index (κ3) is 2.25. The van der Waals surface area contributed by atoms with Crippen LogP contribution in [0.1, 0.15) is 44.9 Å². The summed E-state index contributed by atoms with van der Waals surface area (Å²) >= 11 is 0. The Kier molecular flexibility index (Phi) is 3.35. The van der Waals surface area contributed by atoms with E-state index in [1.54, 1.807) is 32.1 Å². The van der Waals surface area contributed by atoms with Gasteiger partial charge in [-0.15, -0.1) is 0 Å². The largest absolute Gasteiger partial charge is 0.318 e. The predicted octanol–water partition coefficient (Wildman–Crippen LogP) is 2.74. The minimum Gasteiger partial charge on any atom is -0.318 e. The number of nitrogens with one attached hydrogen (secondary N) is 1. The number of nitrogens with zero attached hydrogens (tertiary/aromatic N) is 1. The second-order valence-corrected chi connectivity index (χ2v) is 7.94. The molecular weight excluding hydrogens is 232 g/mol. The van der Waals surface area contributed by atoms with Crippen LogP contribution >= 0.6 is 0 Å². The Balaban J connectivity index is 1.42. The van der Waals surface area contributed by atoms with Crippen LogP contribution in [0.3, 0.4) is 0 Å². The molecule has 1 N–H and O–H groups in total. The summed E-state index contributed by atoms with van der Waals surface area (Å²) in [4.78, 5) is 2.84. The fourth-order valence-electron chi connectivity index (χ4n) is 6.21. The molecule has 1 saturated heterocycles. The molecular formula is C17H30N2. The van der Waals surface area contributed by atoms with Crippen molar-refractivity contribution in [2.24, 2.45) is 29.6 Å². The van der Waals surface area contributed by atoms with E-state index < -0.39 is 0 Å². The Bertz CT molecular complexity index is 299. The molecule has 0 aromatic rings. The Hall–Kier alpha value is -0.0800. The molecule has 19 heavy (non-hydrogen) atoms. The fourth-order valence-corrected chi connectivity index (χ4v) is 6.21. The average molecular weight is 262 g/mol. The van der Waals surface area contributed by atoms with Gasteiger partial charge in [-0.2, -0.15) is 0 Å². The normalized spacial score (nSPS) is 49.1. The lowest BCUT2D eigenvalue weighted by Crippen LogP contribution is -2.50. The van der Waals surface area contributed by atoms with Gasteiger partial charge in [0.2, 0.25) is 0 Å². The standard InChI is InChI=1S/C17H30N2/c1-18-10-16-3-2-4-19(16)11-17-14-6-12-5-13(8-14)9-15(17)7-12/h12-18H,2-11H2,1H3. The monoisotopic (exact) mass is 262 g/mol. The van der Waals surface area contributed by atoms with Gasteiger partial charge in [-0.05, 0) is 88.1 Å². The van der Waals surface area contributed by atoms with Gasteiger partial charge in [0.05, 0.1) is 0 Å². The Labute approximate surface area is 118 Å². The zero-order valence-corrected chi connectivity index (χ0v) is 12.5. The zero-order valence-electron chi connectivity index (χ0n) is 12.5. The highest BCUT2D eigenvalue weighted by Gasteiger charge is 2.48. The first-order chi connectivity index (χ1) is 9.33. The van der Waals surface area contributed by atoms with E-state index in [1.165, 1.54) is 32.5 Å². The van der Waals surface area contributed by atoms with Crippen LogP contribution in [0.2, 0.25) is 0 Å². The molecule has 4 aliphatic carbocycles. The molecule has 4 bridgehead atoms. The number of likely N-dealkylation sites (N-methyl/N-ethyl adjacent to an activating group) is 1. The molecule has 0 amide bonds. The van der Waals surface area contributed by atoms with Crippen molar-refractivity contribution in [3.8, 4) is 0 Å². The van der Waals surface area contributed by atoms with Crippen LogP contribution in [0.15, 0.2) is 0 Å². The molecule has 108 valence electrons. The van der Waals surface area contributed by atoms with Crippen molar-refractivity contribution in [2.75, 3.05) is 26.7 Å². The summed E-state index contributed by atoms with van der Waals surface area (Å²) in [5.41, 5.74) is 0. The molecule has 0 aromatic heterocycles. The zero-order chi connectivity index (χ0) is 12.8. The first kappa shape index (κ1) is 12.6. The highest BCUT2D eigenvalue weighted by atomic mass is 15.2. The second-order valence-electron chi connectivity index (χ2n) is 7.94. The lowest BCUT2D eigenvalue weighted by molar-refractivity contribution is -0.0501. The number of hydrogen-bond acceptors (Lipinski definition) is 2. The molecule has 1 unspecified atom stereocenters. The third-order valence-electron chi connectivity index (χ3n) is 6.81. The quantitative estimate of drug-likeness (QED) is 0.838. The molecule has 4 saturated carbocycles. The van der Waals surface area contributed by atoms with Crippen LogP contribution in [0, 0.1) is 29.6 Å². The van der Waals surface area contributed by atoms with Crippen LogP contribution in [0.25, 0.3) is 0 Å². The summed E-state index contributed by atoms with van der Waals surface area (Å²) in [5, 5.41) is 3.40. The van der Waals surface area contributed by atoms with E-state index in [4.69, 9.17) is 0 Å². The minimum absolute atomic E-state index is 0.835. The van der Waals surface area contributed by atoms with E-state index in [2.05, 4.69) is 17.3 Å². The highest BCUT2D eigenvalue weighted by molar-refractivity contribution is 4.99. The van der Waals surface area contributed by atoms with Gasteiger partial charge < -0.3 is 5.32 Å². The molecule has 0 spiro atoms. The minimum atomic E-state index is 0.835. The fraction of sp³-hybridized carbons (Fsp3) is 1.00. The number of rotatable bonds is 4. The second kappa shape index (κ2) is 5.04. The van der Waals surface area contributed by atoms with E-state index in [1.807, 2.05) is 0 Å². The third-order valence-corrected chi connectivity index (χ3v) is 6.81. The summed E-state index contributed by atoms with van der Waals surface area (Å²) in [7, 11) is 2.11. The molecule has 2 heteroatoms. The maximum atomic E-state index is 3.40. The maximum Gasteiger partial charge on any atom is 0.0221 e. The molecule has 1 aliphatic heterocycles. The predicted molar refractivity (Wildman–Crippen MR) is 79.1 cm³/mol. The maximum absolute atomic E-state index is 3.40. The summed E-state index contributed by atoms with van der Waals surface area (Å²) in [6.45, 7) is 4.00. The van der Waals surface area contributed by atoms with Crippen molar-refractivity contribution in [3.63, 3.8) is 0 Å². The summed E-state index contributed by atoms with van der Waals surface area (Å²) in [6, 6.07) is 0.835. The Morgan fingerprint density at radius 2 is 1.68 bits per heavy atom. The topological polar surface area (TPSA) is 15.3 Å². The van der Waals surface area contributed by atoms with Crippen LogP contribution in [-0.4, -0.2) is 37.6 Å². The molecule has 1 atom stereocenters. The van der Waals surface area contributed by atoms with Crippen LogP contribution in [-0.2, 0) is 0 Å². The molecule has 5 aliphatic rings. The van der Waals surface area contributed by atoms with Gasteiger partial charge in [0.25, 0.3) is 0 Å². The molecule has 5 rings (SSSR count). The molecule has 2 nitrogen and oxygen atoms in total. The Morgan fingerprint density at radius 1 is 1.00 bits per heavy atom. The molecule has 1 heterocycles. The summed E-state index contributed by atoms with van der Waals surface area (Å²) in [5.74, 6) is 5.53. The average Bonchev–Trinajstić information content (AvgIpc) is 2.81. The Morgan fingerprint density at radius 3 is 2.32 bits per heavy atom. The van der Waals surface area contributed by atoms with Crippen molar-refractivity contribution in [1.82, 2.24) is 10.2 Å². The van der Waals surface area contributed by atoms with Gasteiger partial charge in [0.1, 0.15) is 0 Å². The van der Waals surface area contributed by atoms with Crippen molar-refractivity contribution >= 4 is 0 Å².